The summed E-state index contributed by atoms with van der Waals surface area (Å²) in [7, 11) is 0. The fourth-order valence-electron chi connectivity index (χ4n) is 3.64. The van der Waals surface area contributed by atoms with Crippen molar-refractivity contribution < 1.29 is 9.53 Å². The van der Waals surface area contributed by atoms with Crippen molar-refractivity contribution in [2.75, 3.05) is 10.2 Å². The molecule has 8 nitrogen and oxygen atoms in total. The first-order valence-electron chi connectivity index (χ1n) is 10.5. The minimum Gasteiger partial charge on any atom is -0.489 e. The second-order valence-corrected chi connectivity index (χ2v) is 8.07. The highest BCUT2D eigenvalue weighted by molar-refractivity contribution is 6.05. The molecule has 0 saturated heterocycles. The van der Waals surface area contributed by atoms with Crippen molar-refractivity contribution in [1.29, 1.82) is 0 Å². The standard InChI is InChI=1S/C25H26N6O2/c1-25(2)30-23(26)29-24(27)31(25)20-11-13-21(14-12-20)33-16-17-7-6-8-18(15-17)22(32)28-19-9-4-3-5-10-19/h3-15H,16H2,1-2H3,(H,28,32)(H4,26,27,29,30). The van der Waals surface area contributed by atoms with Gasteiger partial charge >= 0.3 is 0 Å². The Kier molecular flexibility index (Phi) is 5.99. The van der Waals surface area contributed by atoms with Crippen LogP contribution in [0.3, 0.4) is 0 Å². The molecule has 0 aliphatic carbocycles. The van der Waals surface area contributed by atoms with Crippen molar-refractivity contribution in [2.24, 2.45) is 21.5 Å². The van der Waals surface area contributed by atoms with Crippen LogP contribution in [0.25, 0.3) is 0 Å². The van der Waals surface area contributed by atoms with Crippen molar-refractivity contribution in [1.82, 2.24) is 0 Å². The predicted molar refractivity (Wildman–Crippen MR) is 131 cm³/mol. The second-order valence-electron chi connectivity index (χ2n) is 8.07. The molecule has 8 heteroatoms. The highest BCUT2D eigenvalue weighted by Gasteiger charge is 2.32. The SMILES string of the molecule is CC1(C)N=C(N)N=C(N)N1c1ccc(OCc2cccc(C(=O)Nc3ccccc3)c2)cc1. The first-order chi connectivity index (χ1) is 15.8. The normalized spacial score (nSPS) is 14.8. The topological polar surface area (TPSA) is 118 Å². The van der Waals surface area contributed by atoms with E-state index in [9.17, 15) is 4.79 Å². The van der Waals surface area contributed by atoms with Gasteiger partial charge in [-0.2, -0.15) is 4.99 Å². The molecular formula is C25H26N6O2. The highest BCUT2D eigenvalue weighted by atomic mass is 16.5. The number of hydrogen-bond acceptors (Lipinski definition) is 7. The Balaban J connectivity index is 1.40. The first kappa shape index (κ1) is 21.9. The van der Waals surface area contributed by atoms with E-state index in [0.29, 0.717) is 17.9 Å². The maximum Gasteiger partial charge on any atom is 0.255 e. The maximum atomic E-state index is 12.5. The van der Waals surface area contributed by atoms with Crippen molar-refractivity contribution in [3.63, 3.8) is 0 Å². The summed E-state index contributed by atoms with van der Waals surface area (Å²) in [4.78, 5) is 22.8. The Bertz CT molecular complexity index is 1200. The fourth-order valence-corrected chi connectivity index (χ4v) is 3.64. The predicted octanol–water partition coefficient (Wildman–Crippen LogP) is 3.70. The summed E-state index contributed by atoms with van der Waals surface area (Å²) in [5.41, 5.74) is 14.2. The molecule has 0 radical (unpaired) electrons. The summed E-state index contributed by atoms with van der Waals surface area (Å²) in [5, 5.41) is 2.89. The Hall–Kier alpha value is -4.33. The van der Waals surface area contributed by atoms with E-state index in [2.05, 4.69) is 15.3 Å². The Morgan fingerprint density at radius 2 is 1.73 bits per heavy atom. The van der Waals surface area contributed by atoms with Crippen LogP contribution < -0.4 is 26.4 Å². The van der Waals surface area contributed by atoms with Crippen LogP contribution in [0.5, 0.6) is 5.75 Å². The molecule has 1 aliphatic heterocycles. The smallest absolute Gasteiger partial charge is 0.255 e. The number of carbonyl (C=O) groups excluding carboxylic acids is 1. The van der Waals surface area contributed by atoms with Crippen molar-refractivity contribution in [3.8, 4) is 5.75 Å². The molecular weight excluding hydrogens is 416 g/mol. The largest absolute Gasteiger partial charge is 0.489 e. The van der Waals surface area contributed by atoms with Crippen LogP contribution >= 0.6 is 0 Å². The number of benzene rings is 3. The van der Waals surface area contributed by atoms with Gasteiger partial charge in [0.1, 0.15) is 18.0 Å². The number of amides is 1. The Morgan fingerprint density at radius 1 is 1.00 bits per heavy atom. The number of nitrogens with two attached hydrogens (primary N) is 2. The van der Waals surface area contributed by atoms with Crippen LogP contribution in [0.4, 0.5) is 11.4 Å². The zero-order chi connectivity index (χ0) is 23.4. The molecule has 0 atom stereocenters. The fraction of sp³-hybridized carbons (Fsp3) is 0.160. The molecule has 4 rings (SSSR count). The third-order valence-electron chi connectivity index (χ3n) is 5.11. The molecule has 3 aromatic rings. The molecule has 3 aromatic carbocycles. The molecule has 33 heavy (non-hydrogen) atoms. The van der Waals surface area contributed by atoms with Gasteiger partial charge in [-0.25, -0.2) is 4.99 Å². The number of guanidine groups is 2. The number of rotatable bonds is 6. The zero-order valence-corrected chi connectivity index (χ0v) is 18.5. The number of hydrogen-bond donors (Lipinski definition) is 3. The van der Waals surface area contributed by atoms with E-state index in [-0.39, 0.29) is 17.8 Å². The Morgan fingerprint density at radius 3 is 2.42 bits per heavy atom. The molecule has 1 heterocycles. The molecule has 168 valence electrons. The molecule has 0 aromatic heterocycles. The average Bonchev–Trinajstić information content (AvgIpc) is 2.78. The van der Waals surface area contributed by atoms with E-state index in [1.165, 1.54) is 0 Å². The van der Waals surface area contributed by atoms with Gasteiger partial charge in [0, 0.05) is 16.9 Å². The van der Waals surface area contributed by atoms with Gasteiger partial charge < -0.3 is 21.5 Å². The third kappa shape index (κ3) is 5.12. The van der Waals surface area contributed by atoms with Crippen LogP contribution in [0.1, 0.15) is 29.8 Å². The number of ether oxygens (including phenoxy) is 1. The number of para-hydroxylation sites is 1. The Labute approximate surface area is 192 Å². The molecule has 0 unspecified atom stereocenters. The second kappa shape index (κ2) is 9.04. The summed E-state index contributed by atoms with van der Waals surface area (Å²) in [5.74, 6) is 0.963. The monoisotopic (exact) mass is 442 g/mol. The molecule has 0 saturated carbocycles. The molecule has 0 fully saturated rings. The van der Waals surface area contributed by atoms with E-state index in [1.54, 1.807) is 6.07 Å². The zero-order valence-electron chi connectivity index (χ0n) is 18.5. The van der Waals surface area contributed by atoms with Gasteiger partial charge in [0.05, 0.1) is 0 Å². The van der Waals surface area contributed by atoms with Crippen molar-refractivity contribution >= 4 is 29.2 Å². The summed E-state index contributed by atoms with van der Waals surface area (Å²) in [6.45, 7) is 4.14. The minimum atomic E-state index is -0.654. The van der Waals surface area contributed by atoms with E-state index >= 15 is 0 Å². The number of nitrogens with one attached hydrogen (secondary N) is 1. The molecule has 1 amide bonds. The summed E-state index contributed by atoms with van der Waals surface area (Å²) in [6, 6.07) is 24.2. The van der Waals surface area contributed by atoms with Crippen molar-refractivity contribution in [3.05, 3.63) is 90.0 Å². The van der Waals surface area contributed by atoms with Crippen LogP contribution in [-0.4, -0.2) is 23.5 Å². The molecule has 0 bridgehead atoms. The number of nitrogens with zero attached hydrogens (tertiary/aromatic N) is 3. The van der Waals surface area contributed by atoms with Gasteiger partial charge in [0.2, 0.25) is 11.9 Å². The van der Waals surface area contributed by atoms with Gasteiger partial charge in [0.15, 0.2) is 0 Å². The van der Waals surface area contributed by atoms with Crippen LogP contribution in [0, 0.1) is 0 Å². The lowest BCUT2D eigenvalue weighted by Crippen LogP contribution is -2.54. The lowest BCUT2D eigenvalue weighted by atomic mass is 10.1. The third-order valence-corrected chi connectivity index (χ3v) is 5.11. The lowest BCUT2D eigenvalue weighted by molar-refractivity contribution is 0.102. The van der Waals surface area contributed by atoms with Crippen LogP contribution in [0.2, 0.25) is 0 Å². The van der Waals surface area contributed by atoms with Gasteiger partial charge in [-0.1, -0.05) is 30.3 Å². The number of carbonyl (C=O) groups is 1. The summed E-state index contributed by atoms with van der Waals surface area (Å²) in [6.07, 6.45) is 0. The van der Waals surface area contributed by atoms with E-state index in [1.807, 2.05) is 91.5 Å². The molecule has 1 aliphatic rings. The highest BCUT2D eigenvalue weighted by Crippen LogP contribution is 2.29. The van der Waals surface area contributed by atoms with Gasteiger partial charge in [0.25, 0.3) is 5.91 Å². The first-order valence-corrected chi connectivity index (χ1v) is 10.5. The van der Waals surface area contributed by atoms with Crippen LogP contribution in [0.15, 0.2) is 88.8 Å². The number of aliphatic imine (C=N–C) groups is 2. The van der Waals surface area contributed by atoms with E-state index in [0.717, 1.165) is 16.9 Å². The van der Waals surface area contributed by atoms with Gasteiger partial charge in [-0.15, -0.1) is 0 Å². The summed E-state index contributed by atoms with van der Waals surface area (Å²) < 4.78 is 5.92. The lowest BCUT2D eigenvalue weighted by Gasteiger charge is -2.38. The maximum absolute atomic E-state index is 12.5. The number of anilines is 2. The van der Waals surface area contributed by atoms with Crippen LogP contribution in [-0.2, 0) is 6.61 Å². The average molecular weight is 443 g/mol. The van der Waals surface area contributed by atoms with Crippen molar-refractivity contribution in [2.45, 2.75) is 26.1 Å². The summed E-state index contributed by atoms with van der Waals surface area (Å²) >= 11 is 0. The molecule has 5 N–H and O–H groups in total. The van der Waals surface area contributed by atoms with E-state index in [4.69, 9.17) is 16.2 Å². The molecule has 0 spiro atoms. The van der Waals surface area contributed by atoms with Gasteiger partial charge in [-0.05, 0) is 67.9 Å². The minimum absolute atomic E-state index is 0.161. The van der Waals surface area contributed by atoms with E-state index < -0.39 is 5.66 Å². The quantitative estimate of drug-likeness (QED) is 0.538. The van der Waals surface area contributed by atoms with Gasteiger partial charge in [-0.3, -0.25) is 9.69 Å².